The molecule has 2 rings (SSSR count). The maximum atomic E-state index is 14.5. The Morgan fingerprint density at radius 2 is 1.58 bits per heavy atom. The van der Waals surface area contributed by atoms with E-state index in [2.05, 4.69) is 48.6 Å². The summed E-state index contributed by atoms with van der Waals surface area (Å²) in [7, 11) is -3.40. The first-order valence-electron chi connectivity index (χ1n) is 18.0. The van der Waals surface area contributed by atoms with E-state index in [1.54, 1.807) is 6.92 Å². The molecule has 50 heavy (non-hydrogen) atoms. The zero-order chi connectivity index (χ0) is 38.2. The monoisotopic (exact) mass is 724 g/mol. The van der Waals surface area contributed by atoms with Crippen LogP contribution in [0.15, 0.2) is 12.7 Å². The molecule has 2 fully saturated rings. The van der Waals surface area contributed by atoms with E-state index in [0.29, 0.717) is 25.8 Å². The molecule has 0 aromatic heterocycles. The molecule has 5 amide bonds. The van der Waals surface area contributed by atoms with Gasteiger partial charge in [0.2, 0.25) is 27.6 Å². The maximum Gasteiger partial charge on any atom is 0.315 e. The van der Waals surface area contributed by atoms with Crippen molar-refractivity contribution < 1.29 is 32.4 Å². The number of carbonyl (C=O) groups excluding carboxylic acids is 5. The van der Waals surface area contributed by atoms with Crippen molar-refractivity contribution >= 4 is 39.6 Å². The summed E-state index contributed by atoms with van der Waals surface area (Å²) in [5, 5.41) is 11.1. The van der Waals surface area contributed by atoms with Crippen LogP contribution >= 0.6 is 0 Å². The van der Waals surface area contributed by atoms with Gasteiger partial charge >= 0.3 is 6.03 Å². The summed E-state index contributed by atoms with van der Waals surface area (Å²) < 4.78 is 26.5. The zero-order valence-electron chi connectivity index (χ0n) is 32.1. The highest BCUT2D eigenvalue weighted by atomic mass is 32.2. The van der Waals surface area contributed by atoms with Crippen molar-refractivity contribution in [2.45, 2.75) is 132 Å². The highest BCUT2D eigenvalue weighted by Gasteiger charge is 2.42. The smallest absolute Gasteiger partial charge is 0.315 e. The van der Waals surface area contributed by atoms with E-state index in [-0.39, 0.29) is 36.7 Å². The first-order valence-corrected chi connectivity index (χ1v) is 19.6. The molecule has 286 valence electrons. The molecular weight excluding hydrogens is 660 g/mol. The van der Waals surface area contributed by atoms with Crippen molar-refractivity contribution in [1.29, 1.82) is 0 Å². The molecule has 2 aliphatic rings. The minimum Gasteiger partial charge on any atom is -0.346 e. The van der Waals surface area contributed by atoms with Gasteiger partial charge in [-0.3, -0.25) is 19.2 Å². The summed E-state index contributed by atoms with van der Waals surface area (Å²) in [4.78, 5) is 69.1. The van der Waals surface area contributed by atoms with Crippen molar-refractivity contribution in [2.24, 2.45) is 22.2 Å². The number of rotatable bonds is 18. The maximum absolute atomic E-state index is 14.5. The molecule has 1 unspecified atom stereocenters. The third-order valence-electron chi connectivity index (χ3n) is 9.97. The van der Waals surface area contributed by atoms with Crippen LogP contribution in [-0.2, 0) is 29.2 Å². The fraction of sp³-hybridized carbons (Fsp3) is 0.806. The summed E-state index contributed by atoms with van der Waals surface area (Å²) in [5.41, 5.74) is -1.44. The van der Waals surface area contributed by atoms with Gasteiger partial charge in [-0.05, 0) is 48.3 Å². The molecule has 1 saturated carbocycles. The number of sulfonamides is 1. The molecule has 1 aliphatic carbocycles. The van der Waals surface area contributed by atoms with Gasteiger partial charge in [0.05, 0.1) is 11.8 Å². The number of hydrogen-bond donors (Lipinski definition) is 4. The number of urea groups is 1. The van der Waals surface area contributed by atoms with Gasteiger partial charge in [0, 0.05) is 32.2 Å². The molecule has 14 heteroatoms. The van der Waals surface area contributed by atoms with Gasteiger partial charge in [-0.1, -0.05) is 87.7 Å². The molecular formula is C36H64N6O7S. The number of nitrogens with one attached hydrogen (secondary N) is 4. The Labute approximate surface area is 300 Å². The van der Waals surface area contributed by atoms with E-state index < -0.39 is 74.6 Å². The Bertz CT molecular complexity index is 1350. The number of hydrogen-bond acceptors (Lipinski definition) is 7. The summed E-state index contributed by atoms with van der Waals surface area (Å²) in [5.74, 6) is -2.29. The Hall–Kier alpha value is -3.00. The Kier molecular flexibility index (Phi) is 15.1. The lowest BCUT2D eigenvalue weighted by molar-refractivity contribution is -0.145. The quantitative estimate of drug-likeness (QED) is 0.124. The summed E-state index contributed by atoms with van der Waals surface area (Å²) >= 11 is 0. The molecule has 4 N–H and O–H groups in total. The first kappa shape index (κ1) is 43.2. The molecule has 13 nitrogen and oxygen atoms in total. The fourth-order valence-corrected chi connectivity index (χ4v) is 7.17. The van der Waals surface area contributed by atoms with Gasteiger partial charge in [0.25, 0.3) is 5.91 Å². The van der Waals surface area contributed by atoms with Gasteiger partial charge in [-0.15, -0.1) is 6.58 Å². The third kappa shape index (κ3) is 13.0. The highest BCUT2D eigenvalue weighted by molar-refractivity contribution is 7.89. The van der Waals surface area contributed by atoms with Gasteiger partial charge in [0.15, 0.2) is 0 Å². The van der Waals surface area contributed by atoms with Gasteiger partial charge < -0.3 is 26.2 Å². The molecule has 1 saturated heterocycles. The van der Waals surface area contributed by atoms with Gasteiger partial charge in [-0.2, -0.15) is 4.31 Å². The van der Waals surface area contributed by atoms with Crippen molar-refractivity contribution in [2.75, 3.05) is 31.9 Å². The van der Waals surface area contributed by atoms with Crippen LogP contribution in [0.1, 0.15) is 108 Å². The van der Waals surface area contributed by atoms with Crippen LogP contribution in [0.4, 0.5) is 4.79 Å². The number of carbonyl (C=O) groups is 5. The van der Waals surface area contributed by atoms with E-state index in [1.165, 1.54) is 15.3 Å². The van der Waals surface area contributed by atoms with E-state index in [0.717, 1.165) is 19.3 Å². The molecule has 0 bridgehead atoms. The predicted octanol–water partition coefficient (Wildman–Crippen LogP) is 3.35. The fourth-order valence-electron chi connectivity index (χ4n) is 5.64. The van der Waals surface area contributed by atoms with E-state index in [1.807, 2.05) is 41.5 Å². The highest BCUT2D eigenvalue weighted by Crippen LogP contribution is 2.34. The number of nitrogens with zero attached hydrogens (tertiary/aromatic N) is 2. The number of Topliss-reactive ketones (excluding diaryl/α,β-unsaturated/α-hetero) is 1. The molecule has 4 atom stereocenters. The van der Waals surface area contributed by atoms with Crippen molar-refractivity contribution in [3.8, 4) is 0 Å². The van der Waals surface area contributed by atoms with Crippen molar-refractivity contribution in [3.05, 3.63) is 12.7 Å². The Morgan fingerprint density at radius 3 is 2.06 bits per heavy atom. The van der Waals surface area contributed by atoms with Crippen LogP contribution in [0.5, 0.6) is 0 Å². The second kappa shape index (κ2) is 17.5. The normalized spacial score (nSPS) is 19.0. The van der Waals surface area contributed by atoms with Crippen LogP contribution in [-0.4, -0.2) is 103 Å². The Balaban J connectivity index is 2.36. The van der Waals surface area contributed by atoms with Gasteiger partial charge in [-0.25, -0.2) is 13.2 Å². The average molecular weight is 725 g/mol. The van der Waals surface area contributed by atoms with Crippen LogP contribution < -0.4 is 21.3 Å². The summed E-state index contributed by atoms with van der Waals surface area (Å²) in [6.07, 6.45) is 5.54. The van der Waals surface area contributed by atoms with Crippen molar-refractivity contribution in [1.82, 2.24) is 30.5 Å². The lowest BCUT2D eigenvalue weighted by Crippen LogP contribution is -2.62. The lowest BCUT2D eigenvalue weighted by atomic mass is 9.84. The standard InChI is InChI=1S/C36H64N6O7S/c1-12-18-37-31(45)28(43)26(22-25-15-16-25)38-30(44)24(3)42(20-17-36(10,11)13-2)32(46)29(35(7,8)9)40-33(47)39-27(34(4,5)6)23-41-19-14-21-50(41,48)49/h12,24-27,29H,1,13-23H2,2-11H3,(H,37,45)(H,38,44)(H2,39,40,47)/t24-,26?,27+,29+/m0/s1. The topological polar surface area (TPSA) is 174 Å². The molecule has 0 spiro atoms. The lowest BCUT2D eigenvalue weighted by Gasteiger charge is -2.39. The van der Waals surface area contributed by atoms with Crippen molar-refractivity contribution in [3.63, 3.8) is 0 Å². The predicted molar refractivity (Wildman–Crippen MR) is 195 cm³/mol. The summed E-state index contributed by atoms with van der Waals surface area (Å²) in [6, 6.07) is -4.31. The van der Waals surface area contributed by atoms with E-state index >= 15 is 0 Å². The first-order chi connectivity index (χ1) is 22.9. The van der Waals surface area contributed by atoms with E-state index in [4.69, 9.17) is 0 Å². The van der Waals surface area contributed by atoms with Crippen LogP contribution in [0, 0.1) is 22.2 Å². The zero-order valence-corrected chi connectivity index (χ0v) is 32.9. The third-order valence-corrected chi connectivity index (χ3v) is 11.9. The number of amides is 5. The second-order valence-electron chi connectivity index (χ2n) is 16.9. The Morgan fingerprint density at radius 1 is 0.960 bits per heavy atom. The van der Waals surface area contributed by atoms with Gasteiger partial charge in [0.1, 0.15) is 12.1 Å². The minimum atomic E-state index is -3.40. The second-order valence-corrected chi connectivity index (χ2v) is 19.0. The minimum absolute atomic E-state index is 0.0745. The molecule has 1 heterocycles. The molecule has 0 aromatic rings. The molecule has 0 radical (unpaired) electrons. The van der Waals surface area contributed by atoms with Crippen LogP contribution in [0.2, 0.25) is 0 Å². The van der Waals surface area contributed by atoms with E-state index in [9.17, 15) is 32.4 Å². The SMILES string of the molecule is C=CCNC(=O)C(=O)C(CC1CC1)NC(=O)[C@H](C)N(CCC(C)(C)CC)C(=O)[C@@H](NC(=O)N[C@H](CN1CCCS1(=O)=O)C(C)(C)C)C(C)(C)C. The number of ketones is 1. The molecule has 0 aromatic carbocycles. The largest absolute Gasteiger partial charge is 0.346 e. The van der Waals surface area contributed by atoms with Crippen LogP contribution in [0.25, 0.3) is 0 Å². The average Bonchev–Trinajstić information content (AvgIpc) is 3.76. The van der Waals surface area contributed by atoms with Crippen LogP contribution in [0.3, 0.4) is 0 Å². The summed E-state index contributed by atoms with van der Waals surface area (Å²) in [6.45, 7) is 23.4. The molecule has 1 aliphatic heterocycles.